The Morgan fingerprint density at radius 2 is 1.93 bits per heavy atom. The van der Waals surface area contributed by atoms with Gasteiger partial charge in [-0.1, -0.05) is 29.8 Å². The second kappa shape index (κ2) is 9.58. The smallest absolute Gasteiger partial charge is 0.308 e. The lowest BCUT2D eigenvalue weighted by molar-refractivity contribution is -0.384. The van der Waals surface area contributed by atoms with E-state index in [-0.39, 0.29) is 29.0 Å². The van der Waals surface area contributed by atoms with Crippen molar-refractivity contribution in [2.24, 2.45) is 5.92 Å². The summed E-state index contributed by atoms with van der Waals surface area (Å²) in [6.45, 7) is 1.12. The molecule has 1 saturated heterocycles. The first-order chi connectivity index (χ1) is 14.4. The lowest BCUT2D eigenvalue weighted by Gasteiger charge is -2.30. The van der Waals surface area contributed by atoms with Crippen molar-refractivity contribution in [2.75, 3.05) is 25.5 Å². The third-order valence-corrected chi connectivity index (χ3v) is 5.55. The Hall–Kier alpha value is -3.13. The van der Waals surface area contributed by atoms with Crippen LogP contribution in [-0.4, -0.2) is 41.9 Å². The van der Waals surface area contributed by atoms with Crippen LogP contribution in [0.2, 0.25) is 5.02 Å². The molecule has 158 valence electrons. The summed E-state index contributed by atoms with van der Waals surface area (Å²) in [4.78, 5) is 37.1. The third kappa shape index (κ3) is 4.88. The van der Waals surface area contributed by atoms with Crippen LogP contribution in [0, 0.1) is 16.0 Å². The van der Waals surface area contributed by atoms with Crippen molar-refractivity contribution in [3.63, 3.8) is 0 Å². The number of carbonyl (C=O) groups excluding carboxylic acids is 2. The second-order valence-corrected chi connectivity index (χ2v) is 7.43. The zero-order chi connectivity index (χ0) is 21.7. The van der Waals surface area contributed by atoms with Gasteiger partial charge >= 0.3 is 5.97 Å². The quantitative estimate of drug-likeness (QED) is 0.423. The first-order valence-electron chi connectivity index (χ1n) is 9.53. The second-order valence-electron chi connectivity index (χ2n) is 7.02. The number of esters is 1. The monoisotopic (exact) mass is 431 g/mol. The summed E-state index contributed by atoms with van der Waals surface area (Å²) in [7, 11) is 1.35. The Bertz CT molecular complexity index is 957. The number of ether oxygens (including phenoxy) is 1. The number of anilines is 1. The van der Waals surface area contributed by atoms with Gasteiger partial charge < -0.3 is 15.0 Å². The number of hydrogen-bond acceptors (Lipinski definition) is 6. The molecule has 1 amide bonds. The number of nitrogens with zero attached hydrogens (tertiary/aromatic N) is 2. The van der Waals surface area contributed by atoms with Crippen molar-refractivity contribution in [2.45, 2.75) is 19.4 Å². The number of piperidine rings is 1. The summed E-state index contributed by atoms with van der Waals surface area (Å²) in [5, 5.41) is 15.1. The number of nitro groups is 1. The van der Waals surface area contributed by atoms with Gasteiger partial charge in [0.1, 0.15) is 5.69 Å². The first-order valence-corrected chi connectivity index (χ1v) is 9.91. The SMILES string of the molecule is COC(=O)C1CCN(C(=O)c2ccc(NCc3ccccc3Cl)c([N+](=O)[O-])c2)CC1. The predicted octanol–water partition coefficient (Wildman–Crippen LogP) is 3.89. The van der Waals surface area contributed by atoms with Crippen LogP contribution in [-0.2, 0) is 16.1 Å². The highest BCUT2D eigenvalue weighted by molar-refractivity contribution is 6.31. The van der Waals surface area contributed by atoms with Crippen molar-refractivity contribution in [3.8, 4) is 0 Å². The van der Waals surface area contributed by atoms with E-state index in [2.05, 4.69) is 5.32 Å². The van der Waals surface area contributed by atoms with Crippen LogP contribution < -0.4 is 5.32 Å². The van der Waals surface area contributed by atoms with E-state index in [0.29, 0.717) is 43.2 Å². The molecule has 2 aromatic carbocycles. The van der Waals surface area contributed by atoms with E-state index in [4.69, 9.17) is 16.3 Å². The van der Waals surface area contributed by atoms with E-state index in [1.54, 1.807) is 17.0 Å². The van der Waals surface area contributed by atoms with Crippen LogP contribution >= 0.6 is 11.6 Å². The fourth-order valence-electron chi connectivity index (χ4n) is 3.46. The highest BCUT2D eigenvalue weighted by Crippen LogP contribution is 2.28. The Balaban J connectivity index is 1.72. The fraction of sp³-hybridized carbons (Fsp3) is 0.333. The van der Waals surface area contributed by atoms with Gasteiger partial charge in [0.15, 0.2) is 0 Å². The molecule has 8 nitrogen and oxygen atoms in total. The summed E-state index contributed by atoms with van der Waals surface area (Å²) in [5.41, 5.74) is 1.17. The van der Waals surface area contributed by atoms with E-state index < -0.39 is 4.92 Å². The average Bonchev–Trinajstić information content (AvgIpc) is 2.77. The van der Waals surface area contributed by atoms with Crippen LogP contribution in [0.5, 0.6) is 0 Å². The maximum absolute atomic E-state index is 12.8. The fourth-order valence-corrected chi connectivity index (χ4v) is 3.67. The Kier molecular flexibility index (Phi) is 6.89. The number of methoxy groups -OCH3 is 1. The van der Waals surface area contributed by atoms with Gasteiger partial charge in [0.25, 0.3) is 11.6 Å². The molecule has 1 aliphatic rings. The largest absolute Gasteiger partial charge is 0.469 e. The maximum atomic E-state index is 12.8. The molecular formula is C21H22ClN3O5. The van der Waals surface area contributed by atoms with Gasteiger partial charge in [-0.05, 0) is 36.6 Å². The summed E-state index contributed by atoms with van der Waals surface area (Å²) in [6.07, 6.45) is 1.02. The molecule has 0 saturated carbocycles. The normalized spacial score (nSPS) is 14.3. The minimum atomic E-state index is -0.519. The standard InChI is InChI=1S/C21H22ClN3O5/c1-30-21(27)14-8-10-24(11-9-14)20(26)15-6-7-18(19(12-15)25(28)29)23-13-16-4-2-3-5-17(16)22/h2-7,12,14,23H,8-11,13H2,1H3. The van der Waals surface area contributed by atoms with Gasteiger partial charge in [-0.25, -0.2) is 0 Å². The molecule has 0 radical (unpaired) electrons. The molecule has 1 N–H and O–H groups in total. The van der Waals surface area contributed by atoms with Crippen LogP contribution in [0.15, 0.2) is 42.5 Å². The number of nitrogens with one attached hydrogen (secondary N) is 1. The predicted molar refractivity (Wildman–Crippen MR) is 113 cm³/mol. The molecule has 30 heavy (non-hydrogen) atoms. The molecular weight excluding hydrogens is 410 g/mol. The number of likely N-dealkylation sites (tertiary alicyclic amines) is 1. The number of hydrogen-bond donors (Lipinski definition) is 1. The molecule has 1 heterocycles. The number of carbonyl (C=O) groups is 2. The van der Waals surface area contributed by atoms with E-state index in [1.165, 1.54) is 19.2 Å². The van der Waals surface area contributed by atoms with Gasteiger partial charge in [-0.2, -0.15) is 0 Å². The van der Waals surface area contributed by atoms with Gasteiger partial charge in [-0.15, -0.1) is 0 Å². The summed E-state index contributed by atoms with van der Waals surface area (Å²) in [6, 6.07) is 11.6. The van der Waals surface area contributed by atoms with Gasteiger partial charge in [0, 0.05) is 36.3 Å². The molecule has 3 rings (SSSR count). The minimum absolute atomic E-state index is 0.183. The summed E-state index contributed by atoms with van der Waals surface area (Å²) >= 11 is 6.13. The lowest BCUT2D eigenvalue weighted by atomic mass is 9.96. The van der Waals surface area contributed by atoms with Gasteiger partial charge in [0.05, 0.1) is 18.0 Å². The minimum Gasteiger partial charge on any atom is -0.469 e. The van der Waals surface area contributed by atoms with E-state index >= 15 is 0 Å². The molecule has 0 bridgehead atoms. The molecule has 0 unspecified atom stereocenters. The number of amides is 1. The summed E-state index contributed by atoms with van der Waals surface area (Å²) in [5.74, 6) is -0.782. The van der Waals surface area contributed by atoms with E-state index in [1.807, 2.05) is 18.2 Å². The lowest BCUT2D eigenvalue weighted by Crippen LogP contribution is -2.40. The highest BCUT2D eigenvalue weighted by Gasteiger charge is 2.29. The molecule has 0 aliphatic carbocycles. The number of benzene rings is 2. The number of nitro benzene ring substituents is 1. The molecule has 0 aromatic heterocycles. The van der Waals surface area contributed by atoms with E-state index in [0.717, 1.165) is 5.56 Å². The first kappa shape index (κ1) is 21.6. The number of halogens is 1. The Morgan fingerprint density at radius 1 is 1.23 bits per heavy atom. The van der Waals surface area contributed by atoms with Crippen molar-refractivity contribution in [1.29, 1.82) is 0 Å². The Morgan fingerprint density at radius 3 is 2.57 bits per heavy atom. The van der Waals surface area contributed by atoms with Crippen molar-refractivity contribution in [3.05, 3.63) is 68.7 Å². The molecule has 0 atom stereocenters. The van der Waals surface area contributed by atoms with Crippen molar-refractivity contribution in [1.82, 2.24) is 4.90 Å². The molecule has 1 aliphatic heterocycles. The average molecular weight is 432 g/mol. The number of rotatable bonds is 6. The van der Waals surface area contributed by atoms with Crippen LogP contribution in [0.3, 0.4) is 0 Å². The molecule has 0 spiro atoms. The zero-order valence-corrected chi connectivity index (χ0v) is 17.2. The van der Waals surface area contributed by atoms with Crippen LogP contribution in [0.4, 0.5) is 11.4 Å². The zero-order valence-electron chi connectivity index (χ0n) is 16.5. The molecule has 9 heteroatoms. The van der Waals surface area contributed by atoms with Gasteiger partial charge in [0.2, 0.25) is 0 Å². The topological polar surface area (TPSA) is 102 Å². The van der Waals surface area contributed by atoms with Crippen molar-refractivity contribution >= 4 is 34.9 Å². The molecule has 1 fully saturated rings. The van der Waals surface area contributed by atoms with E-state index in [9.17, 15) is 19.7 Å². The van der Waals surface area contributed by atoms with Gasteiger partial charge in [-0.3, -0.25) is 19.7 Å². The van der Waals surface area contributed by atoms with Crippen LogP contribution in [0.25, 0.3) is 0 Å². The Labute approximate surface area is 178 Å². The highest BCUT2D eigenvalue weighted by atomic mass is 35.5. The summed E-state index contributed by atoms with van der Waals surface area (Å²) < 4.78 is 4.76. The van der Waals surface area contributed by atoms with Crippen molar-refractivity contribution < 1.29 is 19.2 Å². The third-order valence-electron chi connectivity index (χ3n) is 5.19. The maximum Gasteiger partial charge on any atom is 0.308 e. The molecule has 2 aromatic rings. The van der Waals surface area contributed by atoms with Crippen LogP contribution in [0.1, 0.15) is 28.8 Å².